The van der Waals surface area contributed by atoms with E-state index in [1.807, 2.05) is 25.4 Å². The lowest BCUT2D eigenvalue weighted by atomic mass is 10.1. The lowest BCUT2D eigenvalue weighted by Gasteiger charge is -2.15. The molecule has 0 atom stereocenters. The number of nitrogens with zero attached hydrogens (tertiary/aromatic N) is 4. The van der Waals surface area contributed by atoms with E-state index in [2.05, 4.69) is 69.7 Å². The van der Waals surface area contributed by atoms with Crippen molar-refractivity contribution in [3.8, 4) is 0 Å². The predicted octanol–water partition coefficient (Wildman–Crippen LogP) is 4.01. The van der Waals surface area contributed by atoms with E-state index in [4.69, 9.17) is 5.73 Å². The van der Waals surface area contributed by atoms with Gasteiger partial charge in [0, 0.05) is 32.4 Å². The van der Waals surface area contributed by atoms with Crippen molar-refractivity contribution < 1.29 is 0 Å². The Hall–Kier alpha value is -3.67. The first-order valence-corrected chi connectivity index (χ1v) is 10.1. The van der Waals surface area contributed by atoms with Crippen molar-refractivity contribution in [1.82, 2.24) is 10.2 Å². The largest absolute Gasteiger partial charge is 0.404 e. The Morgan fingerprint density at radius 2 is 1.87 bits per heavy atom. The van der Waals surface area contributed by atoms with E-state index in [0.717, 1.165) is 24.3 Å². The van der Waals surface area contributed by atoms with Crippen LogP contribution in [-0.4, -0.2) is 43.9 Å². The molecule has 0 fully saturated rings. The minimum absolute atomic E-state index is 0.329. The van der Waals surface area contributed by atoms with Gasteiger partial charge in [0.25, 0.3) is 0 Å². The Balaban J connectivity index is 2.96. The van der Waals surface area contributed by atoms with Crippen molar-refractivity contribution >= 4 is 18.3 Å². The van der Waals surface area contributed by atoms with Crippen LogP contribution in [0.15, 0.2) is 100 Å². The molecule has 0 aliphatic carbocycles. The van der Waals surface area contributed by atoms with E-state index >= 15 is 0 Å². The summed E-state index contributed by atoms with van der Waals surface area (Å²) in [6.07, 6.45) is 15.2. The Kier molecular flexibility index (Phi) is 12.4. The van der Waals surface area contributed by atoms with E-state index < -0.39 is 0 Å². The van der Waals surface area contributed by atoms with Crippen molar-refractivity contribution in [2.75, 3.05) is 20.8 Å². The number of aliphatic imine (C=N–C) groups is 3. The molecular weight excluding hydrogens is 384 g/mol. The van der Waals surface area contributed by atoms with Gasteiger partial charge in [0.1, 0.15) is 12.5 Å². The minimum atomic E-state index is 0.329. The summed E-state index contributed by atoms with van der Waals surface area (Å²) in [5.41, 5.74) is 9.66. The number of nitrogens with two attached hydrogens (primary N) is 1. The summed E-state index contributed by atoms with van der Waals surface area (Å²) in [6, 6.07) is 8.69. The van der Waals surface area contributed by atoms with Gasteiger partial charge in [0.15, 0.2) is 0 Å². The third kappa shape index (κ3) is 10.1. The molecule has 3 N–H and O–H groups in total. The zero-order chi connectivity index (χ0) is 22.9. The Morgan fingerprint density at radius 1 is 1.16 bits per heavy atom. The van der Waals surface area contributed by atoms with E-state index in [-0.39, 0.29) is 0 Å². The molecule has 0 aliphatic rings. The molecular formula is C25H34N6. The van der Waals surface area contributed by atoms with Crippen molar-refractivity contribution in [3.63, 3.8) is 0 Å². The second-order valence-electron chi connectivity index (χ2n) is 6.60. The van der Waals surface area contributed by atoms with Gasteiger partial charge in [-0.15, -0.1) is 0 Å². The first-order chi connectivity index (χ1) is 15.1. The van der Waals surface area contributed by atoms with Gasteiger partial charge in [-0.05, 0) is 54.9 Å². The molecule has 0 amide bonds. The van der Waals surface area contributed by atoms with E-state index in [1.54, 1.807) is 31.5 Å². The number of rotatable bonds is 12. The fourth-order valence-electron chi connectivity index (χ4n) is 2.65. The number of allylic oxidation sites excluding steroid dienone is 5. The minimum Gasteiger partial charge on any atom is -0.404 e. The highest BCUT2D eigenvalue weighted by Gasteiger charge is 2.02. The number of nitrogens with one attached hydrogen (secondary N) is 1. The summed E-state index contributed by atoms with van der Waals surface area (Å²) in [4.78, 5) is 14.6. The SMILES string of the molecule is C=C/C=C(\C=C/N(C)Cc1ccc(CC)cc1)C(/C=C\N=C)=NCNC(C=CN)=NC. The van der Waals surface area contributed by atoms with E-state index in [0.29, 0.717) is 12.5 Å². The molecule has 0 spiro atoms. The summed E-state index contributed by atoms with van der Waals surface area (Å²) >= 11 is 0. The molecule has 0 aliphatic heterocycles. The third-order valence-corrected chi connectivity index (χ3v) is 4.31. The van der Waals surface area contributed by atoms with Crippen LogP contribution in [0.5, 0.6) is 0 Å². The maximum absolute atomic E-state index is 5.43. The van der Waals surface area contributed by atoms with Crippen LogP contribution < -0.4 is 11.1 Å². The summed E-state index contributed by atoms with van der Waals surface area (Å²) in [5, 5.41) is 3.11. The first kappa shape index (κ1) is 25.4. The number of hydrogen-bond acceptors (Lipinski definition) is 5. The molecule has 0 heterocycles. The van der Waals surface area contributed by atoms with E-state index in [9.17, 15) is 0 Å². The Bertz CT molecular complexity index is 870. The fourth-order valence-corrected chi connectivity index (χ4v) is 2.65. The molecule has 0 saturated heterocycles. The van der Waals surface area contributed by atoms with Crippen LogP contribution in [-0.2, 0) is 13.0 Å². The van der Waals surface area contributed by atoms with Crippen LogP contribution in [0.25, 0.3) is 0 Å². The molecule has 0 unspecified atom stereocenters. The molecule has 6 heteroatoms. The monoisotopic (exact) mass is 418 g/mol. The van der Waals surface area contributed by atoms with Crippen LogP contribution in [0.4, 0.5) is 0 Å². The zero-order valence-electron chi connectivity index (χ0n) is 18.8. The number of aryl methyl sites for hydroxylation is 1. The standard InChI is InChI=1S/C25H34N6/c1-6-8-23(15-18-31(5)19-22-11-9-21(7-2)10-12-22)24(14-17-27-3)29-20-30-25(28-4)13-16-26/h6,8-18H,1,3,7,19-20,26H2,2,4-5H3,(H,28,30)/b16-13?,17-14-,18-15-,23-8+,29-24?. The molecule has 0 saturated carbocycles. The molecule has 31 heavy (non-hydrogen) atoms. The summed E-state index contributed by atoms with van der Waals surface area (Å²) in [7, 11) is 3.73. The highest BCUT2D eigenvalue weighted by Crippen LogP contribution is 2.09. The van der Waals surface area contributed by atoms with Crippen LogP contribution in [0.1, 0.15) is 18.1 Å². The second kappa shape index (κ2) is 15.2. The second-order valence-corrected chi connectivity index (χ2v) is 6.60. The lowest BCUT2D eigenvalue weighted by molar-refractivity contribution is 0.451. The average molecular weight is 419 g/mol. The first-order valence-electron chi connectivity index (χ1n) is 10.1. The molecule has 1 aromatic rings. The topological polar surface area (TPSA) is 78.4 Å². The highest BCUT2D eigenvalue weighted by atomic mass is 15.1. The highest BCUT2D eigenvalue weighted by molar-refractivity contribution is 6.10. The lowest BCUT2D eigenvalue weighted by Crippen LogP contribution is -2.22. The van der Waals surface area contributed by atoms with Crippen molar-refractivity contribution in [2.24, 2.45) is 20.7 Å². The van der Waals surface area contributed by atoms with Gasteiger partial charge in [-0.1, -0.05) is 49.9 Å². The Morgan fingerprint density at radius 3 is 2.45 bits per heavy atom. The van der Waals surface area contributed by atoms with Crippen LogP contribution in [0.2, 0.25) is 0 Å². The fraction of sp³-hybridized carbons (Fsp3) is 0.240. The smallest absolute Gasteiger partial charge is 0.123 e. The zero-order valence-corrected chi connectivity index (χ0v) is 18.8. The van der Waals surface area contributed by atoms with Crippen LogP contribution in [0.3, 0.4) is 0 Å². The third-order valence-electron chi connectivity index (χ3n) is 4.31. The summed E-state index contributed by atoms with van der Waals surface area (Å²) in [5.74, 6) is 0.648. The van der Waals surface area contributed by atoms with E-state index in [1.165, 1.54) is 17.3 Å². The summed E-state index contributed by atoms with van der Waals surface area (Å²) in [6.45, 7) is 10.6. The van der Waals surface area contributed by atoms with Gasteiger partial charge >= 0.3 is 0 Å². The van der Waals surface area contributed by atoms with Gasteiger partial charge in [-0.25, -0.2) is 0 Å². The molecule has 164 valence electrons. The van der Waals surface area contributed by atoms with Crippen LogP contribution in [0, 0.1) is 0 Å². The Labute approximate surface area is 186 Å². The van der Waals surface area contributed by atoms with Gasteiger partial charge in [-0.3, -0.25) is 15.0 Å². The molecule has 0 radical (unpaired) electrons. The van der Waals surface area contributed by atoms with Gasteiger partial charge in [-0.2, -0.15) is 0 Å². The molecule has 0 bridgehead atoms. The molecule has 0 aromatic heterocycles. The maximum atomic E-state index is 5.43. The number of benzene rings is 1. The van der Waals surface area contributed by atoms with Crippen molar-refractivity contribution in [3.05, 3.63) is 96.5 Å². The number of amidine groups is 1. The normalized spacial score (nSPS) is 13.3. The van der Waals surface area contributed by atoms with Gasteiger partial charge < -0.3 is 16.0 Å². The van der Waals surface area contributed by atoms with Gasteiger partial charge in [0.2, 0.25) is 0 Å². The molecule has 1 aromatic carbocycles. The number of hydrogen-bond donors (Lipinski definition) is 2. The van der Waals surface area contributed by atoms with Gasteiger partial charge in [0.05, 0.1) is 5.71 Å². The average Bonchev–Trinajstić information content (AvgIpc) is 2.78. The molecule has 6 nitrogen and oxygen atoms in total. The van der Waals surface area contributed by atoms with Crippen LogP contribution >= 0.6 is 0 Å². The van der Waals surface area contributed by atoms with Crippen molar-refractivity contribution in [2.45, 2.75) is 19.9 Å². The predicted molar refractivity (Wildman–Crippen MR) is 136 cm³/mol. The van der Waals surface area contributed by atoms with Crippen molar-refractivity contribution in [1.29, 1.82) is 0 Å². The maximum Gasteiger partial charge on any atom is 0.123 e. The quantitative estimate of drug-likeness (QED) is 0.306. The molecule has 1 rings (SSSR count). The summed E-state index contributed by atoms with van der Waals surface area (Å²) < 4.78 is 0.